The summed E-state index contributed by atoms with van der Waals surface area (Å²) in [5.74, 6) is 0. The normalized spacial score (nSPS) is 12.6. The van der Waals surface area contributed by atoms with Crippen LogP contribution in [0.3, 0.4) is 0 Å². The van der Waals surface area contributed by atoms with E-state index >= 15 is 0 Å². The molecule has 0 amide bonds. The number of benzene rings is 1. The van der Waals surface area contributed by atoms with Crippen LogP contribution in [-0.2, 0) is 5.41 Å². The maximum Gasteiger partial charge on any atom is 0.113 e. The molecule has 3 nitrogen and oxygen atoms in total. The number of hydrogen-bond acceptors (Lipinski definition) is 2. The minimum absolute atomic E-state index is 0.163. The van der Waals surface area contributed by atoms with Gasteiger partial charge in [-0.2, -0.15) is 0 Å². The van der Waals surface area contributed by atoms with Crippen LogP contribution in [-0.4, -0.2) is 15.0 Å². The van der Waals surface area contributed by atoms with Gasteiger partial charge in [-0.1, -0.05) is 32.1 Å². The molecule has 2 aromatic rings. The fourth-order valence-corrected chi connectivity index (χ4v) is 1.79. The third-order valence-corrected chi connectivity index (χ3v) is 2.83. The summed E-state index contributed by atoms with van der Waals surface area (Å²) in [6.07, 6.45) is 0. The van der Waals surface area contributed by atoms with Crippen LogP contribution in [0.1, 0.15) is 46.2 Å². The lowest BCUT2D eigenvalue weighted by Crippen LogP contribution is -2.10. The Labute approximate surface area is 96.5 Å². The van der Waals surface area contributed by atoms with Crippen LogP contribution in [0.5, 0.6) is 0 Å². The molecule has 1 heterocycles. The molecule has 0 atom stereocenters. The van der Waals surface area contributed by atoms with Gasteiger partial charge in [-0.3, -0.25) is 0 Å². The molecule has 0 bridgehead atoms. The van der Waals surface area contributed by atoms with Gasteiger partial charge in [-0.15, -0.1) is 5.10 Å². The third-order valence-electron chi connectivity index (χ3n) is 2.83. The molecular formula is C13H19N3. The highest BCUT2D eigenvalue weighted by molar-refractivity contribution is 5.75. The highest BCUT2D eigenvalue weighted by Gasteiger charge is 2.15. The Morgan fingerprint density at radius 3 is 2.44 bits per heavy atom. The molecule has 16 heavy (non-hydrogen) atoms. The van der Waals surface area contributed by atoms with E-state index in [1.165, 1.54) is 5.56 Å². The summed E-state index contributed by atoms with van der Waals surface area (Å²) in [5.41, 5.74) is 3.57. The second-order valence-corrected chi connectivity index (χ2v) is 5.58. The van der Waals surface area contributed by atoms with E-state index in [4.69, 9.17) is 0 Å². The van der Waals surface area contributed by atoms with E-state index < -0.39 is 0 Å². The van der Waals surface area contributed by atoms with Gasteiger partial charge in [0.1, 0.15) is 5.52 Å². The minimum atomic E-state index is 0.163. The maximum absolute atomic E-state index is 4.23. The van der Waals surface area contributed by atoms with Crippen molar-refractivity contribution in [2.45, 2.75) is 46.1 Å². The molecule has 86 valence electrons. The summed E-state index contributed by atoms with van der Waals surface area (Å²) in [7, 11) is 0. The predicted octanol–water partition coefficient (Wildman–Crippen LogP) is 3.31. The summed E-state index contributed by atoms with van der Waals surface area (Å²) in [5, 5.41) is 8.41. The zero-order chi connectivity index (χ0) is 11.9. The smallest absolute Gasteiger partial charge is 0.113 e. The van der Waals surface area contributed by atoms with E-state index in [2.05, 4.69) is 63.1 Å². The minimum Gasteiger partial charge on any atom is -0.242 e. The van der Waals surface area contributed by atoms with Crippen molar-refractivity contribution in [3.8, 4) is 0 Å². The van der Waals surface area contributed by atoms with Crippen LogP contribution in [0.2, 0.25) is 0 Å². The second-order valence-electron chi connectivity index (χ2n) is 5.58. The molecule has 3 heteroatoms. The van der Waals surface area contributed by atoms with Crippen LogP contribution in [0.15, 0.2) is 18.2 Å². The average Bonchev–Trinajstić information content (AvgIpc) is 2.58. The molecule has 0 aliphatic heterocycles. The first-order valence-electron chi connectivity index (χ1n) is 5.75. The van der Waals surface area contributed by atoms with Gasteiger partial charge in [0.15, 0.2) is 0 Å². The zero-order valence-corrected chi connectivity index (χ0v) is 10.7. The summed E-state index contributed by atoms with van der Waals surface area (Å²) in [4.78, 5) is 0. The SMILES string of the molecule is CC(C)n1nnc2cc(C(C)(C)C)ccc21. The van der Waals surface area contributed by atoms with E-state index in [0.717, 1.165) is 11.0 Å². The molecule has 0 aliphatic rings. The molecule has 1 aromatic heterocycles. The molecule has 0 radical (unpaired) electrons. The van der Waals surface area contributed by atoms with Gasteiger partial charge in [0.05, 0.1) is 5.52 Å². The Bertz CT molecular complexity index is 503. The Balaban J connectivity index is 2.58. The fourth-order valence-electron chi connectivity index (χ4n) is 1.79. The van der Waals surface area contributed by atoms with Crippen molar-refractivity contribution < 1.29 is 0 Å². The largest absolute Gasteiger partial charge is 0.242 e. The van der Waals surface area contributed by atoms with Gasteiger partial charge in [0.2, 0.25) is 0 Å². The molecule has 0 fully saturated rings. The van der Waals surface area contributed by atoms with Gasteiger partial charge in [0, 0.05) is 6.04 Å². The number of aromatic nitrogens is 3. The lowest BCUT2D eigenvalue weighted by atomic mass is 9.87. The number of nitrogens with zero attached hydrogens (tertiary/aromatic N) is 3. The first-order chi connectivity index (χ1) is 7.39. The van der Waals surface area contributed by atoms with Crippen molar-refractivity contribution in [1.82, 2.24) is 15.0 Å². The highest BCUT2D eigenvalue weighted by Crippen LogP contribution is 2.25. The Kier molecular flexibility index (Phi) is 2.49. The van der Waals surface area contributed by atoms with Crippen molar-refractivity contribution >= 4 is 11.0 Å². The van der Waals surface area contributed by atoms with E-state index in [-0.39, 0.29) is 5.41 Å². The summed E-state index contributed by atoms with van der Waals surface area (Å²) < 4.78 is 1.96. The number of fused-ring (bicyclic) bond motifs is 1. The van der Waals surface area contributed by atoms with E-state index in [9.17, 15) is 0 Å². The Morgan fingerprint density at radius 1 is 1.19 bits per heavy atom. The number of rotatable bonds is 1. The zero-order valence-electron chi connectivity index (χ0n) is 10.7. The summed E-state index contributed by atoms with van der Waals surface area (Å²) >= 11 is 0. The molecular weight excluding hydrogens is 198 g/mol. The van der Waals surface area contributed by atoms with Crippen LogP contribution < -0.4 is 0 Å². The van der Waals surface area contributed by atoms with Crippen molar-refractivity contribution in [1.29, 1.82) is 0 Å². The van der Waals surface area contributed by atoms with Gasteiger partial charge >= 0.3 is 0 Å². The fraction of sp³-hybridized carbons (Fsp3) is 0.538. The summed E-state index contributed by atoms with van der Waals surface area (Å²) in [6, 6.07) is 6.78. The predicted molar refractivity (Wildman–Crippen MR) is 66.6 cm³/mol. The van der Waals surface area contributed by atoms with Crippen LogP contribution >= 0.6 is 0 Å². The monoisotopic (exact) mass is 217 g/mol. The Hall–Kier alpha value is -1.38. The van der Waals surface area contributed by atoms with Crippen molar-refractivity contribution in [3.05, 3.63) is 23.8 Å². The van der Waals surface area contributed by atoms with E-state index in [1.54, 1.807) is 0 Å². The standard InChI is InChI=1S/C13H19N3/c1-9(2)16-12-7-6-10(13(3,4)5)8-11(12)14-15-16/h6-9H,1-5H3. The molecule has 0 spiro atoms. The second kappa shape index (κ2) is 3.58. The van der Waals surface area contributed by atoms with Gasteiger partial charge < -0.3 is 0 Å². The quantitative estimate of drug-likeness (QED) is 0.733. The topological polar surface area (TPSA) is 30.7 Å². The number of hydrogen-bond donors (Lipinski definition) is 0. The van der Waals surface area contributed by atoms with Gasteiger partial charge in [0.25, 0.3) is 0 Å². The lowest BCUT2D eigenvalue weighted by Gasteiger charge is -2.18. The van der Waals surface area contributed by atoms with Gasteiger partial charge in [-0.25, -0.2) is 4.68 Å². The highest BCUT2D eigenvalue weighted by atomic mass is 15.4. The lowest BCUT2D eigenvalue weighted by molar-refractivity contribution is 0.530. The molecule has 2 rings (SSSR count). The molecule has 1 aromatic carbocycles. The molecule has 0 N–H and O–H groups in total. The maximum atomic E-state index is 4.23. The first-order valence-corrected chi connectivity index (χ1v) is 5.75. The molecule has 0 saturated carbocycles. The third kappa shape index (κ3) is 1.82. The average molecular weight is 217 g/mol. The van der Waals surface area contributed by atoms with Crippen LogP contribution in [0.4, 0.5) is 0 Å². The first kappa shape index (κ1) is 11.1. The van der Waals surface area contributed by atoms with Crippen LogP contribution in [0.25, 0.3) is 11.0 Å². The van der Waals surface area contributed by atoms with Gasteiger partial charge in [-0.05, 0) is 37.0 Å². The molecule has 0 saturated heterocycles. The molecule has 0 aliphatic carbocycles. The summed E-state index contributed by atoms with van der Waals surface area (Å²) in [6.45, 7) is 10.9. The van der Waals surface area contributed by atoms with Crippen molar-refractivity contribution in [2.24, 2.45) is 0 Å². The van der Waals surface area contributed by atoms with Crippen LogP contribution in [0, 0.1) is 0 Å². The van der Waals surface area contributed by atoms with Crippen molar-refractivity contribution in [3.63, 3.8) is 0 Å². The Morgan fingerprint density at radius 2 is 1.88 bits per heavy atom. The molecule has 0 unspecified atom stereocenters. The van der Waals surface area contributed by atoms with Crippen molar-refractivity contribution in [2.75, 3.05) is 0 Å². The van der Waals surface area contributed by atoms with E-state index in [0.29, 0.717) is 6.04 Å². The van der Waals surface area contributed by atoms with E-state index in [1.807, 2.05) is 4.68 Å².